The van der Waals surface area contributed by atoms with Crippen LogP contribution in [-0.4, -0.2) is 30.3 Å². The third kappa shape index (κ3) is 2.13. The van der Waals surface area contributed by atoms with Crippen molar-refractivity contribution in [2.24, 2.45) is 5.41 Å². The number of anilines is 1. The van der Waals surface area contributed by atoms with E-state index in [1.807, 2.05) is 12.1 Å². The quantitative estimate of drug-likeness (QED) is 0.919. The molecule has 20 heavy (non-hydrogen) atoms. The number of methoxy groups -OCH3 is 1. The van der Waals surface area contributed by atoms with Crippen molar-refractivity contribution in [2.75, 3.05) is 12.0 Å². The number of carboxylic acids is 1. The van der Waals surface area contributed by atoms with Gasteiger partial charge in [0.1, 0.15) is 5.75 Å². The fourth-order valence-corrected chi connectivity index (χ4v) is 3.04. The van der Waals surface area contributed by atoms with Crippen molar-refractivity contribution in [1.82, 2.24) is 0 Å². The smallest absolute Gasteiger partial charge is 0.311 e. The van der Waals surface area contributed by atoms with Gasteiger partial charge in [-0.15, -0.1) is 0 Å². The van der Waals surface area contributed by atoms with Gasteiger partial charge in [-0.1, -0.05) is 6.07 Å². The number of nitrogens with zero attached hydrogens (tertiary/aromatic N) is 1. The second-order valence-corrected chi connectivity index (χ2v) is 6.21. The molecule has 110 valence electrons. The molecule has 2 rings (SSSR count). The summed E-state index contributed by atoms with van der Waals surface area (Å²) in [5, 5.41) is 9.55. The third-order valence-corrected chi connectivity index (χ3v) is 4.28. The Morgan fingerprint density at radius 1 is 1.45 bits per heavy atom. The van der Waals surface area contributed by atoms with Crippen LogP contribution in [0.1, 0.15) is 33.3 Å². The lowest BCUT2D eigenvalue weighted by Gasteiger charge is -2.39. The molecule has 0 saturated heterocycles. The van der Waals surface area contributed by atoms with Crippen molar-refractivity contribution in [3.05, 3.63) is 23.8 Å². The Morgan fingerprint density at radius 3 is 2.60 bits per heavy atom. The molecule has 1 aromatic rings. The number of carbonyl (C=O) groups is 1. The molecule has 1 unspecified atom stereocenters. The van der Waals surface area contributed by atoms with Crippen LogP contribution in [0.15, 0.2) is 18.2 Å². The number of carboxylic acid groups (broad SMARTS) is 1. The summed E-state index contributed by atoms with van der Waals surface area (Å²) in [4.78, 5) is 13.8. The minimum atomic E-state index is -0.811. The van der Waals surface area contributed by atoms with E-state index in [0.717, 1.165) is 17.0 Å². The fourth-order valence-electron chi connectivity index (χ4n) is 3.04. The lowest BCUT2D eigenvalue weighted by atomic mass is 9.82. The van der Waals surface area contributed by atoms with Gasteiger partial charge in [-0.05, 0) is 46.2 Å². The molecule has 0 amide bonds. The maximum Gasteiger partial charge on any atom is 0.311 e. The molecule has 1 aliphatic heterocycles. The van der Waals surface area contributed by atoms with Gasteiger partial charge < -0.3 is 14.7 Å². The van der Waals surface area contributed by atoms with E-state index in [-0.39, 0.29) is 12.1 Å². The Labute approximate surface area is 120 Å². The second-order valence-electron chi connectivity index (χ2n) is 6.21. The van der Waals surface area contributed by atoms with Crippen LogP contribution >= 0.6 is 0 Å². The standard InChI is InChI=1S/C16H23NO3/c1-10(2)17-12-7-6-8-13(20-5)11(12)9-14(17)16(3,4)15(18)19/h6-8,10,14H,9H2,1-5H3,(H,18,19). The lowest BCUT2D eigenvalue weighted by Crippen LogP contribution is -2.50. The normalized spacial score (nSPS) is 18.3. The SMILES string of the molecule is COc1cccc2c1CC(C(C)(C)C(=O)O)N2C(C)C. The van der Waals surface area contributed by atoms with E-state index in [2.05, 4.69) is 24.8 Å². The third-order valence-electron chi connectivity index (χ3n) is 4.28. The maximum atomic E-state index is 11.6. The van der Waals surface area contributed by atoms with Crippen LogP contribution in [-0.2, 0) is 11.2 Å². The van der Waals surface area contributed by atoms with Gasteiger partial charge in [-0.2, -0.15) is 0 Å². The lowest BCUT2D eigenvalue weighted by molar-refractivity contribution is -0.148. The van der Waals surface area contributed by atoms with Crippen LogP contribution in [0.4, 0.5) is 5.69 Å². The molecule has 4 heteroatoms. The summed E-state index contributed by atoms with van der Waals surface area (Å²) in [5.74, 6) is 0.0803. The first-order valence-electron chi connectivity index (χ1n) is 6.98. The summed E-state index contributed by atoms with van der Waals surface area (Å²) in [7, 11) is 1.66. The van der Waals surface area contributed by atoms with Gasteiger partial charge in [-0.25, -0.2) is 0 Å². The van der Waals surface area contributed by atoms with Crippen LogP contribution in [0.5, 0.6) is 5.75 Å². The number of benzene rings is 1. The van der Waals surface area contributed by atoms with Crippen molar-refractivity contribution in [3.8, 4) is 5.75 Å². The van der Waals surface area contributed by atoms with Gasteiger partial charge in [0.25, 0.3) is 0 Å². The first-order chi connectivity index (χ1) is 9.30. The van der Waals surface area contributed by atoms with Gasteiger partial charge in [0, 0.05) is 23.3 Å². The van der Waals surface area contributed by atoms with Crippen LogP contribution in [0, 0.1) is 5.41 Å². The molecule has 4 nitrogen and oxygen atoms in total. The molecule has 0 spiro atoms. The molecule has 0 aliphatic carbocycles. The van der Waals surface area contributed by atoms with Crippen molar-refractivity contribution >= 4 is 11.7 Å². The van der Waals surface area contributed by atoms with Gasteiger partial charge in [0.05, 0.1) is 12.5 Å². The number of rotatable bonds is 4. The Hall–Kier alpha value is -1.71. The molecule has 0 aromatic heterocycles. The fraction of sp³-hybridized carbons (Fsp3) is 0.562. The van der Waals surface area contributed by atoms with Gasteiger partial charge >= 0.3 is 5.97 Å². The summed E-state index contributed by atoms with van der Waals surface area (Å²) in [6.45, 7) is 7.79. The van der Waals surface area contributed by atoms with Gasteiger partial charge in [0.15, 0.2) is 0 Å². The van der Waals surface area contributed by atoms with Crippen LogP contribution in [0.3, 0.4) is 0 Å². The first kappa shape index (κ1) is 14.7. The van der Waals surface area contributed by atoms with Crippen molar-refractivity contribution < 1.29 is 14.6 Å². The maximum absolute atomic E-state index is 11.6. The Morgan fingerprint density at radius 2 is 2.10 bits per heavy atom. The van der Waals surface area contributed by atoms with E-state index >= 15 is 0 Å². The van der Waals surface area contributed by atoms with Crippen molar-refractivity contribution in [2.45, 2.75) is 46.2 Å². The average Bonchev–Trinajstić information content (AvgIpc) is 2.78. The number of fused-ring (bicyclic) bond motifs is 1. The van der Waals surface area contributed by atoms with E-state index in [1.54, 1.807) is 21.0 Å². The predicted molar refractivity (Wildman–Crippen MR) is 79.5 cm³/mol. The number of aliphatic carboxylic acids is 1. The molecule has 0 radical (unpaired) electrons. The Balaban J connectivity index is 2.52. The summed E-state index contributed by atoms with van der Waals surface area (Å²) < 4.78 is 5.43. The molecule has 1 aliphatic rings. The van der Waals surface area contributed by atoms with Crippen LogP contribution in [0.25, 0.3) is 0 Å². The molecule has 1 atom stereocenters. The highest BCUT2D eigenvalue weighted by molar-refractivity contribution is 5.78. The summed E-state index contributed by atoms with van der Waals surface area (Å²) in [5.41, 5.74) is 1.40. The van der Waals surface area contributed by atoms with Gasteiger partial charge in [0.2, 0.25) is 0 Å². The zero-order chi connectivity index (χ0) is 15.1. The minimum absolute atomic E-state index is 0.0636. The highest BCUT2D eigenvalue weighted by Crippen LogP contribution is 2.44. The van der Waals surface area contributed by atoms with E-state index in [9.17, 15) is 9.90 Å². The van der Waals surface area contributed by atoms with E-state index in [0.29, 0.717) is 6.42 Å². The topological polar surface area (TPSA) is 49.8 Å². The van der Waals surface area contributed by atoms with E-state index < -0.39 is 11.4 Å². The Kier molecular flexibility index (Phi) is 3.67. The second kappa shape index (κ2) is 5.00. The molecule has 1 heterocycles. The number of hydrogen-bond donors (Lipinski definition) is 1. The minimum Gasteiger partial charge on any atom is -0.496 e. The molecule has 1 N–H and O–H groups in total. The zero-order valence-corrected chi connectivity index (χ0v) is 12.8. The zero-order valence-electron chi connectivity index (χ0n) is 12.8. The van der Waals surface area contributed by atoms with E-state index in [4.69, 9.17) is 4.74 Å². The first-order valence-corrected chi connectivity index (χ1v) is 6.98. The number of hydrogen-bond acceptors (Lipinski definition) is 3. The summed E-state index contributed by atoms with van der Waals surface area (Å²) >= 11 is 0. The molecule has 1 aromatic carbocycles. The molecule has 0 saturated carbocycles. The average molecular weight is 277 g/mol. The highest BCUT2D eigenvalue weighted by Gasteiger charge is 2.46. The molecular formula is C16H23NO3. The number of ether oxygens (including phenoxy) is 1. The molecule has 0 fully saturated rings. The summed E-state index contributed by atoms with van der Waals surface area (Å²) in [6, 6.07) is 6.13. The van der Waals surface area contributed by atoms with Crippen LogP contribution in [0.2, 0.25) is 0 Å². The van der Waals surface area contributed by atoms with E-state index in [1.165, 1.54) is 0 Å². The van der Waals surface area contributed by atoms with Gasteiger partial charge in [-0.3, -0.25) is 4.79 Å². The van der Waals surface area contributed by atoms with Crippen molar-refractivity contribution in [3.63, 3.8) is 0 Å². The highest BCUT2D eigenvalue weighted by atomic mass is 16.5. The molecular weight excluding hydrogens is 254 g/mol. The monoisotopic (exact) mass is 277 g/mol. The predicted octanol–water partition coefficient (Wildman–Crippen LogP) is 2.95. The largest absolute Gasteiger partial charge is 0.496 e. The molecule has 0 bridgehead atoms. The Bertz CT molecular complexity index is 522. The summed E-state index contributed by atoms with van der Waals surface area (Å²) in [6.07, 6.45) is 0.705. The van der Waals surface area contributed by atoms with Crippen LogP contribution < -0.4 is 9.64 Å². The van der Waals surface area contributed by atoms with Crippen molar-refractivity contribution in [1.29, 1.82) is 0 Å².